The number of sulfonamides is 1. The summed E-state index contributed by atoms with van der Waals surface area (Å²) in [7, 11) is -2.24. The van der Waals surface area contributed by atoms with Gasteiger partial charge in [-0.25, -0.2) is 13.1 Å². The van der Waals surface area contributed by atoms with Gasteiger partial charge in [0.15, 0.2) is 0 Å². The van der Waals surface area contributed by atoms with Crippen LogP contribution in [0.2, 0.25) is 0 Å². The summed E-state index contributed by atoms with van der Waals surface area (Å²) < 4.78 is 37.4. The molecule has 0 saturated carbocycles. The highest BCUT2D eigenvalue weighted by Gasteiger charge is 2.21. The van der Waals surface area contributed by atoms with Crippen molar-refractivity contribution in [3.63, 3.8) is 0 Å². The minimum atomic E-state index is -3.82. The Labute approximate surface area is 163 Å². The molecule has 10 heteroatoms. The molecule has 0 heterocycles. The van der Waals surface area contributed by atoms with Crippen LogP contribution < -0.4 is 19.5 Å². The van der Waals surface area contributed by atoms with Crippen molar-refractivity contribution in [1.29, 1.82) is 0 Å². The Morgan fingerprint density at radius 1 is 1.11 bits per heavy atom. The number of benzene rings is 2. The number of nitro groups is 1. The third-order valence-corrected chi connectivity index (χ3v) is 5.27. The molecule has 152 valence electrons. The van der Waals surface area contributed by atoms with Crippen LogP contribution in [0.5, 0.6) is 11.5 Å². The molecule has 0 aliphatic carbocycles. The van der Waals surface area contributed by atoms with Gasteiger partial charge < -0.3 is 14.8 Å². The summed E-state index contributed by atoms with van der Waals surface area (Å²) in [6.45, 7) is 3.90. The molecule has 2 aromatic carbocycles. The molecule has 9 nitrogen and oxygen atoms in total. The van der Waals surface area contributed by atoms with E-state index in [9.17, 15) is 18.5 Å². The number of nitrogens with zero attached hydrogens (tertiary/aromatic N) is 1. The average Bonchev–Trinajstić information content (AvgIpc) is 2.64. The van der Waals surface area contributed by atoms with Gasteiger partial charge >= 0.3 is 0 Å². The second-order valence-corrected chi connectivity index (χ2v) is 7.88. The van der Waals surface area contributed by atoms with Crippen LogP contribution in [-0.4, -0.2) is 39.6 Å². The van der Waals surface area contributed by atoms with Crippen LogP contribution in [0.15, 0.2) is 47.4 Å². The van der Waals surface area contributed by atoms with E-state index in [1.807, 2.05) is 0 Å². The zero-order chi connectivity index (χ0) is 20.7. The van der Waals surface area contributed by atoms with E-state index in [2.05, 4.69) is 10.0 Å². The highest BCUT2D eigenvalue weighted by Crippen LogP contribution is 2.27. The number of rotatable bonds is 10. The van der Waals surface area contributed by atoms with Crippen molar-refractivity contribution in [1.82, 2.24) is 4.72 Å². The van der Waals surface area contributed by atoms with Gasteiger partial charge in [-0.15, -0.1) is 0 Å². The molecule has 0 spiro atoms. The van der Waals surface area contributed by atoms with Crippen molar-refractivity contribution < 1.29 is 22.8 Å². The van der Waals surface area contributed by atoms with E-state index in [0.29, 0.717) is 18.0 Å². The number of anilines is 1. The second kappa shape index (κ2) is 9.38. The summed E-state index contributed by atoms with van der Waals surface area (Å²) in [5, 5.41) is 14.2. The fourth-order valence-electron chi connectivity index (χ4n) is 2.38. The number of nitro benzene ring substituents is 1. The molecule has 28 heavy (non-hydrogen) atoms. The molecule has 0 saturated heterocycles. The summed E-state index contributed by atoms with van der Waals surface area (Å²) in [6, 6.07) is 10.4. The van der Waals surface area contributed by atoms with Crippen molar-refractivity contribution in [2.75, 3.05) is 25.6 Å². The monoisotopic (exact) mass is 409 g/mol. The summed E-state index contributed by atoms with van der Waals surface area (Å²) >= 11 is 0. The van der Waals surface area contributed by atoms with E-state index in [4.69, 9.17) is 9.47 Å². The molecule has 0 aliphatic heterocycles. The lowest BCUT2D eigenvalue weighted by Gasteiger charge is -2.12. The van der Waals surface area contributed by atoms with Crippen molar-refractivity contribution in [3.05, 3.63) is 52.6 Å². The molecule has 0 bridgehead atoms. The predicted octanol–water partition coefficient (Wildman–Crippen LogP) is 2.78. The van der Waals surface area contributed by atoms with Gasteiger partial charge in [0.2, 0.25) is 10.0 Å². The van der Waals surface area contributed by atoms with E-state index in [1.165, 1.54) is 12.1 Å². The number of ether oxygens (including phenoxy) is 2. The van der Waals surface area contributed by atoms with E-state index >= 15 is 0 Å². The van der Waals surface area contributed by atoms with Crippen molar-refractivity contribution in [3.8, 4) is 11.5 Å². The minimum absolute atomic E-state index is 0.159. The molecular weight excluding hydrogens is 386 g/mol. The lowest BCUT2D eigenvalue weighted by atomic mass is 10.2. The molecule has 0 amide bonds. The highest BCUT2D eigenvalue weighted by molar-refractivity contribution is 7.89. The minimum Gasteiger partial charge on any atom is -0.497 e. The first-order valence-corrected chi connectivity index (χ1v) is 10.0. The topological polar surface area (TPSA) is 120 Å². The Morgan fingerprint density at radius 3 is 2.32 bits per heavy atom. The van der Waals surface area contributed by atoms with Crippen LogP contribution in [0.3, 0.4) is 0 Å². The summed E-state index contributed by atoms with van der Waals surface area (Å²) in [5.41, 5.74) is -0.108. The van der Waals surface area contributed by atoms with E-state index in [1.54, 1.807) is 45.2 Å². The van der Waals surface area contributed by atoms with Gasteiger partial charge in [-0.2, -0.15) is 0 Å². The van der Waals surface area contributed by atoms with Gasteiger partial charge in [-0.1, -0.05) is 0 Å². The zero-order valence-electron chi connectivity index (χ0n) is 15.8. The van der Waals surface area contributed by atoms with Crippen molar-refractivity contribution in [2.45, 2.75) is 24.8 Å². The molecule has 2 aromatic rings. The largest absolute Gasteiger partial charge is 0.497 e. The van der Waals surface area contributed by atoms with E-state index < -0.39 is 14.9 Å². The highest BCUT2D eigenvalue weighted by atomic mass is 32.2. The smallest absolute Gasteiger partial charge is 0.293 e. The quantitative estimate of drug-likeness (QED) is 0.352. The number of methoxy groups -OCH3 is 1. The Morgan fingerprint density at radius 2 is 1.75 bits per heavy atom. The summed E-state index contributed by atoms with van der Waals surface area (Å²) in [5.74, 6) is 1.35. The number of nitrogens with one attached hydrogen (secondary N) is 2. The first-order chi connectivity index (χ1) is 13.2. The summed E-state index contributed by atoms with van der Waals surface area (Å²) in [4.78, 5) is 10.6. The fraction of sp³-hybridized carbons (Fsp3) is 0.333. The molecule has 0 aliphatic rings. The number of hydrogen-bond donors (Lipinski definition) is 2. The third-order valence-electron chi connectivity index (χ3n) is 3.61. The lowest BCUT2D eigenvalue weighted by Crippen LogP contribution is -2.30. The average molecular weight is 409 g/mol. The van der Waals surface area contributed by atoms with Gasteiger partial charge in [0.25, 0.3) is 5.69 Å². The van der Waals surface area contributed by atoms with Gasteiger partial charge in [0, 0.05) is 18.7 Å². The Bertz CT molecular complexity index is 913. The van der Waals surface area contributed by atoms with Crippen LogP contribution in [0.4, 0.5) is 11.4 Å². The Hall–Kier alpha value is -2.85. The molecule has 0 unspecified atom stereocenters. The fourth-order valence-corrected chi connectivity index (χ4v) is 3.65. The van der Waals surface area contributed by atoms with E-state index in [-0.39, 0.29) is 28.9 Å². The zero-order valence-corrected chi connectivity index (χ0v) is 16.7. The van der Waals surface area contributed by atoms with Crippen molar-refractivity contribution >= 4 is 21.4 Å². The molecule has 0 atom stereocenters. The van der Waals surface area contributed by atoms with Gasteiger partial charge in [-0.05, 0) is 50.2 Å². The summed E-state index contributed by atoms with van der Waals surface area (Å²) in [6.07, 6.45) is 0. The molecule has 0 fully saturated rings. The SMILES string of the molecule is COc1ccc(OCCNc2ccc(S(=O)(=O)NC(C)C)cc2[N+](=O)[O-])cc1. The lowest BCUT2D eigenvalue weighted by molar-refractivity contribution is -0.384. The maximum Gasteiger partial charge on any atom is 0.293 e. The Kier molecular flexibility index (Phi) is 7.18. The first-order valence-electron chi connectivity index (χ1n) is 8.54. The van der Waals surface area contributed by atoms with Gasteiger partial charge in [0.1, 0.15) is 23.8 Å². The maximum absolute atomic E-state index is 12.2. The Balaban J connectivity index is 2.03. The molecule has 2 N–H and O–H groups in total. The van der Waals surface area contributed by atoms with E-state index in [0.717, 1.165) is 6.07 Å². The third kappa shape index (κ3) is 5.83. The normalized spacial score (nSPS) is 11.3. The molecule has 0 radical (unpaired) electrons. The molecular formula is C18H23N3O6S. The van der Waals surface area contributed by atoms with Crippen LogP contribution in [0.1, 0.15) is 13.8 Å². The molecule has 2 rings (SSSR count). The predicted molar refractivity (Wildman–Crippen MR) is 106 cm³/mol. The van der Waals surface area contributed by atoms with Gasteiger partial charge in [-0.3, -0.25) is 10.1 Å². The first kappa shape index (κ1) is 21.5. The second-order valence-electron chi connectivity index (χ2n) is 6.16. The number of hydrogen-bond acceptors (Lipinski definition) is 7. The van der Waals surface area contributed by atoms with Crippen LogP contribution in [-0.2, 0) is 10.0 Å². The molecule has 0 aromatic heterocycles. The standard InChI is InChI=1S/C18H23N3O6S/c1-13(2)20-28(24,25)16-8-9-17(18(12-16)21(22)23)19-10-11-27-15-6-4-14(26-3)5-7-15/h4-9,12-13,19-20H,10-11H2,1-3H3. The van der Waals surface area contributed by atoms with Crippen LogP contribution in [0, 0.1) is 10.1 Å². The van der Waals surface area contributed by atoms with Gasteiger partial charge in [0.05, 0.1) is 16.9 Å². The van der Waals surface area contributed by atoms with Crippen LogP contribution in [0.25, 0.3) is 0 Å². The van der Waals surface area contributed by atoms with Crippen LogP contribution >= 0.6 is 0 Å². The maximum atomic E-state index is 12.2. The van der Waals surface area contributed by atoms with Crippen molar-refractivity contribution in [2.24, 2.45) is 0 Å².